The number of fused-ring (bicyclic) bond motifs is 1. The maximum atomic E-state index is 12.9. The minimum Gasteiger partial charge on any atom is -0.485 e. The lowest BCUT2D eigenvalue weighted by molar-refractivity contribution is -0.145. The number of hydrogen-bond acceptors (Lipinski definition) is 6. The standard InChI is InChI=1S/C19H19NO4S3/c1-11-13(9-12-5-3-4-6-15(12)24-11)10-16-17(21)20(19(25)27-16)14(18(22)23)7-8-26-2/h3-6,9-11,14H,7-8H2,1-2H3,(H,22,23)/b16-10+/t11-,14+/m1/s1. The van der Waals surface area contributed by atoms with E-state index in [1.54, 1.807) is 17.8 Å². The molecule has 0 unspecified atom stereocenters. The Balaban J connectivity index is 1.88. The molecule has 0 aliphatic carbocycles. The molecule has 1 N–H and O–H groups in total. The number of carbonyl (C=O) groups is 2. The number of hydrogen-bond donors (Lipinski definition) is 1. The van der Waals surface area contributed by atoms with Crippen molar-refractivity contribution in [3.63, 3.8) is 0 Å². The molecule has 27 heavy (non-hydrogen) atoms. The second kappa shape index (κ2) is 8.50. The van der Waals surface area contributed by atoms with Gasteiger partial charge in [0.25, 0.3) is 5.91 Å². The Kier molecular flexibility index (Phi) is 6.29. The van der Waals surface area contributed by atoms with Crippen LogP contribution in [0.4, 0.5) is 0 Å². The molecule has 0 bridgehead atoms. The molecule has 2 aliphatic rings. The van der Waals surface area contributed by atoms with E-state index >= 15 is 0 Å². The fraction of sp³-hybridized carbons (Fsp3) is 0.316. The third kappa shape index (κ3) is 4.23. The van der Waals surface area contributed by atoms with Gasteiger partial charge in [-0.05, 0) is 49.1 Å². The number of carbonyl (C=O) groups excluding carboxylic acids is 1. The van der Waals surface area contributed by atoms with Crippen molar-refractivity contribution in [2.24, 2.45) is 0 Å². The summed E-state index contributed by atoms with van der Waals surface area (Å²) in [5.74, 6) is 0.0483. The van der Waals surface area contributed by atoms with Crippen molar-refractivity contribution in [2.75, 3.05) is 12.0 Å². The van der Waals surface area contributed by atoms with Crippen molar-refractivity contribution >= 4 is 58.0 Å². The topological polar surface area (TPSA) is 66.8 Å². The molecule has 5 nitrogen and oxygen atoms in total. The fourth-order valence-corrected chi connectivity index (χ4v) is 4.73. The Labute approximate surface area is 171 Å². The molecule has 2 heterocycles. The second-order valence-corrected chi connectivity index (χ2v) is 8.79. The van der Waals surface area contributed by atoms with Gasteiger partial charge >= 0.3 is 5.97 Å². The molecule has 0 aromatic heterocycles. The molecule has 1 aromatic carbocycles. The summed E-state index contributed by atoms with van der Waals surface area (Å²) in [7, 11) is 0. The van der Waals surface area contributed by atoms with E-state index in [0.29, 0.717) is 17.1 Å². The minimum absolute atomic E-state index is 0.213. The lowest BCUT2D eigenvalue weighted by Crippen LogP contribution is -2.44. The van der Waals surface area contributed by atoms with E-state index in [9.17, 15) is 14.7 Å². The molecule has 3 rings (SSSR count). The van der Waals surface area contributed by atoms with Crippen LogP contribution in [0.1, 0.15) is 18.9 Å². The zero-order valence-corrected chi connectivity index (χ0v) is 17.3. The third-order valence-corrected chi connectivity index (χ3v) is 6.30. The van der Waals surface area contributed by atoms with Gasteiger partial charge in [-0.1, -0.05) is 42.2 Å². The Bertz CT molecular complexity index is 849. The molecule has 2 atom stereocenters. The van der Waals surface area contributed by atoms with E-state index in [4.69, 9.17) is 17.0 Å². The van der Waals surface area contributed by atoms with Gasteiger partial charge in [-0.15, -0.1) is 0 Å². The summed E-state index contributed by atoms with van der Waals surface area (Å²) >= 11 is 7.99. The van der Waals surface area contributed by atoms with Crippen LogP contribution < -0.4 is 4.74 Å². The molecule has 1 amide bonds. The number of para-hydroxylation sites is 1. The highest BCUT2D eigenvalue weighted by atomic mass is 32.2. The number of thiocarbonyl (C=S) groups is 1. The monoisotopic (exact) mass is 421 g/mol. The van der Waals surface area contributed by atoms with Gasteiger partial charge in [-0.25, -0.2) is 4.79 Å². The quantitative estimate of drug-likeness (QED) is 0.553. The summed E-state index contributed by atoms with van der Waals surface area (Å²) in [4.78, 5) is 26.2. The van der Waals surface area contributed by atoms with Crippen LogP contribution >= 0.6 is 35.7 Å². The number of ether oxygens (including phenoxy) is 1. The van der Waals surface area contributed by atoms with Crippen molar-refractivity contribution in [1.29, 1.82) is 0 Å². The van der Waals surface area contributed by atoms with Crippen molar-refractivity contribution in [3.05, 3.63) is 46.4 Å². The summed E-state index contributed by atoms with van der Waals surface area (Å²) in [6.07, 6.45) is 5.78. The van der Waals surface area contributed by atoms with Crippen molar-refractivity contribution in [1.82, 2.24) is 4.90 Å². The average molecular weight is 422 g/mol. The van der Waals surface area contributed by atoms with E-state index in [1.807, 2.05) is 43.5 Å². The van der Waals surface area contributed by atoms with Crippen LogP contribution in [0.25, 0.3) is 6.08 Å². The van der Waals surface area contributed by atoms with Crippen LogP contribution in [-0.2, 0) is 9.59 Å². The summed E-state index contributed by atoms with van der Waals surface area (Å²) in [6, 6.07) is 6.75. The first-order chi connectivity index (χ1) is 12.9. The summed E-state index contributed by atoms with van der Waals surface area (Å²) in [5, 5.41) is 9.53. The zero-order chi connectivity index (χ0) is 19.6. The predicted molar refractivity (Wildman–Crippen MR) is 114 cm³/mol. The van der Waals surface area contributed by atoms with Crippen LogP contribution in [0.2, 0.25) is 0 Å². The van der Waals surface area contributed by atoms with E-state index in [2.05, 4.69) is 0 Å². The summed E-state index contributed by atoms with van der Waals surface area (Å²) in [5.41, 5.74) is 1.80. The van der Waals surface area contributed by atoms with Crippen molar-refractivity contribution in [3.8, 4) is 5.75 Å². The highest BCUT2D eigenvalue weighted by Gasteiger charge is 2.40. The van der Waals surface area contributed by atoms with Gasteiger partial charge in [0.1, 0.15) is 22.2 Å². The molecule has 0 saturated carbocycles. The van der Waals surface area contributed by atoms with E-state index in [0.717, 1.165) is 28.6 Å². The molecule has 1 fully saturated rings. The molecular weight excluding hydrogens is 402 g/mol. The normalized spacial score (nSPS) is 21.7. The number of nitrogens with zero attached hydrogens (tertiary/aromatic N) is 1. The van der Waals surface area contributed by atoms with Crippen LogP contribution in [0.3, 0.4) is 0 Å². The number of thioether (sulfide) groups is 2. The van der Waals surface area contributed by atoms with Gasteiger partial charge < -0.3 is 9.84 Å². The van der Waals surface area contributed by atoms with Crippen LogP contribution in [-0.4, -0.2) is 50.4 Å². The summed E-state index contributed by atoms with van der Waals surface area (Å²) < 4.78 is 6.19. The summed E-state index contributed by atoms with van der Waals surface area (Å²) in [6.45, 7) is 1.91. The van der Waals surface area contributed by atoms with Gasteiger partial charge in [-0.3, -0.25) is 9.69 Å². The van der Waals surface area contributed by atoms with Crippen molar-refractivity contribution in [2.45, 2.75) is 25.5 Å². The fourth-order valence-electron chi connectivity index (χ4n) is 2.91. The molecule has 1 aromatic rings. The first kappa shape index (κ1) is 20.0. The molecule has 0 radical (unpaired) electrons. The SMILES string of the molecule is CSCC[C@@H](C(=O)O)N1C(=O)/C(=C\C2=Cc3ccccc3O[C@@H]2C)SC1=S. The number of aliphatic carboxylic acids is 1. The molecule has 142 valence electrons. The highest BCUT2D eigenvalue weighted by molar-refractivity contribution is 8.26. The largest absolute Gasteiger partial charge is 0.485 e. The van der Waals surface area contributed by atoms with Crippen molar-refractivity contribution < 1.29 is 19.4 Å². The average Bonchev–Trinajstić information content (AvgIpc) is 2.90. The Hall–Kier alpha value is -1.77. The van der Waals surface area contributed by atoms with E-state index < -0.39 is 12.0 Å². The lowest BCUT2D eigenvalue weighted by atomic mass is 10.0. The maximum absolute atomic E-state index is 12.9. The predicted octanol–water partition coefficient (Wildman–Crippen LogP) is 3.80. The van der Waals surface area contributed by atoms with Gasteiger partial charge in [0.05, 0.1) is 4.91 Å². The van der Waals surface area contributed by atoms with Gasteiger partial charge in [0.15, 0.2) is 0 Å². The maximum Gasteiger partial charge on any atom is 0.326 e. The van der Waals surface area contributed by atoms with Crippen LogP contribution in [0.15, 0.2) is 40.8 Å². The van der Waals surface area contributed by atoms with Crippen LogP contribution in [0, 0.1) is 0 Å². The first-order valence-corrected chi connectivity index (χ1v) is 11.0. The number of benzene rings is 1. The van der Waals surface area contributed by atoms with Gasteiger partial charge in [-0.2, -0.15) is 11.8 Å². The number of carboxylic acid groups (broad SMARTS) is 1. The Morgan fingerprint density at radius 1 is 1.48 bits per heavy atom. The zero-order valence-electron chi connectivity index (χ0n) is 14.9. The Morgan fingerprint density at radius 2 is 2.22 bits per heavy atom. The first-order valence-electron chi connectivity index (χ1n) is 8.38. The minimum atomic E-state index is -1.04. The third-order valence-electron chi connectivity index (χ3n) is 4.33. The molecule has 1 saturated heterocycles. The highest BCUT2D eigenvalue weighted by Crippen LogP contribution is 2.37. The van der Waals surface area contributed by atoms with Crippen LogP contribution in [0.5, 0.6) is 5.75 Å². The van der Waals surface area contributed by atoms with Gasteiger partial charge in [0, 0.05) is 5.56 Å². The number of rotatable bonds is 6. The second-order valence-electron chi connectivity index (χ2n) is 6.13. The molecule has 2 aliphatic heterocycles. The molecule has 0 spiro atoms. The molecule has 8 heteroatoms. The smallest absolute Gasteiger partial charge is 0.326 e. The lowest BCUT2D eigenvalue weighted by Gasteiger charge is -2.23. The Morgan fingerprint density at radius 3 is 2.93 bits per heavy atom. The van der Waals surface area contributed by atoms with E-state index in [-0.39, 0.29) is 16.3 Å². The molecular formula is C19H19NO4S3. The number of carboxylic acids is 1. The van der Waals surface area contributed by atoms with Gasteiger partial charge in [0.2, 0.25) is 0 Å². The number of amides is 1. The van der Waals surface area contributed by atoms with E-state index in [1.165, 1.54) is 4.90 Å².